The van der Waals surface area contributed by atoms with Gasteiger partial charge in [0.05, 0.1) is 18.7 Å². The Morgan fingerprint density at radius 3 is 2.05 bits per heavy atom. The van der Waals surface area contributed by atoms with Crippen molar-refractivity contribution in [1.29, 1.82) is 0 Å². The van der Waals surface area contributed by atoms with Crippen LogP contribution in [0.3, 0.4) is 0 Å². The van der Waals surface area contributed by atoms with Gasteiger partial charge in [-0.05, 0) is 55.3 Å². The van der Waals surface area contributed by atoms with Crippen LogP contribution in [0.5, 0.6) is 11.5 Å². The number of hydrogen-bond acceptors (Lipinski definition) is 6. The average molecular weight is 596 g/mol. The summed E-state index contributed by atoms with van der Waals surface area (Å²) < 4.78 is 96.4. The summed E-state index contributed by atoms with van der Waals surface area (Å²) in [7, 11) is 0. The number of alkyl halides is 6. The average Bonchev–Trinajstić information content (AvgIpc) is 2.89. The van der Waals surface area contributed by atoms with Crippen molar-refractivity contribution in [1.82, 2.24) is 4.90 Å². The second-order valence-corrected chi connectivity index (χ2v) is 8.69. The maximum Gasteiger partial charge on any atom is 0.416 e. The van der Waals surface area contributed by atoms with Gasteiger partial charge < -0.3 is 29.0 Å². The first-order valence-corrected chi connectivity index (χ1v) is 12.6. The fraction of sp³-hybridized carbons (Fsp3) is 0.481. The highest BCUT2D eigenvalue weighted by atomic mass is 19.4. The number of carboxylic acid groups (broad SMARTS) is 1. The first kappa shape index (κ1) is 33.7. The van der Waals surface area contributed by atoms with E-state index in [4.69, 9.17) is 18.9 Å². The molecule has 1 N–H and O–H groups in total. The minimum atomic E-state index is -4.56. The van der Waals surface area contributed by atoms with E-state index in [1.54, 1.807) is 31.2 Å². The topological polar surface area (TPSA) is 94.5 Å². The second kappa shape index (κ2) is 16.1. The molecule has 0 aliphatic heterocycles. The third-order valence-corrected chi connectivity index (χ3v) is 5.52. The lowest BCUT2D eigenvalue weighted by molar-refractivity contribution is -0.150. The van der Waals surface area contributed by atoms with Gasteiger partial charge in [0.2, 0.25) is 0 Å². The van der Waals surface area contributed by atoms with Crippen LogP contribution in [-0.4, -0.2) is 73.9 Å². The monoisotopic (exact) mass is 595 g/mol. The quantitative estimate of drug-likeness (QED) is 0.189. The van der Waals surface area contributed by atoms with Gasteiger partial charge in [-0.1, -0.05) is 12.1 Å². The number of carbonyl (C=O) groups excluding carboxylic acids is 1. The molecule has 0 radical (unpaired) electrons. The maximum absolute atomic E-state index is 12.8. The number of hydrogen-bond donors (Lipinski definition) is 1. The molecule has 0 saturated heterocycles. The highest BCUT2D eigenvalue weighted by molar-refractivity contribution is 5.72. The molecule has 0 heterocycles. The summed E-state index contributed by atoms with van der Waals surface area (Å²) >= 11 is 0. The second-order valence-electron chi connectivity index (χ2n) is 8.69. The Morgan fingerprint density at radius 2 is 1.49 bits per heavy atom. The Labute approximate surface area is 232 Å². The van der Waals surface area contributed by atoms with Gasteiger partial charge in [0.15, 0.2) is 6.10 Å². The molecule has 2 aromatic carbocycles. The summed E-state index contributed by atoms with van der Waals surface area (Å²) in [6.07, 6.45) is -11.9. The molecule has 1 atom stereocenters. The molecule has 41 heavy (non-hydrogen) atoms. The summed E-state index contributed by atoms with van der Waals surface area (Å²) in [4.78, 5) is 25.1. The number of nitrogens with zero attached hydrogens (tertiary/aromatic N) is 1. The first-order chi connectivity index (χ1) is 19.3. The lowest BCUT2D eigenvalue weighted by atomic mass is 10.1. The van der Waals surface area contributed by atoms with Crippen LogP contribution in [0.15, 0.2) is 48.5 Å². The molecular formula is C27H31F6NO7. The zero-order valence-corrected chi connectivity index (χ0v) is 22.2. The van der Waals surface area contributed by atoms with Gasteiger partial charge in [0.1, 0.15) is 18.1 Å². The van der Waals surface area contributed by atoms with Crippen molar-refractivity contribution in [3.05, 3.63) is 59.7 Å². The fourth-order valence-electron chi connectivity index (χ4n) is 3.45. The zero-order valence-electron chi connectivity index (χ0n) is 22.2. The number of carboxylic acids is 1. The van der Waals surface area contributed by atoms with Crippen LogP contribution in [0.1, 0.15) is 30.9 Å². The molecule has 1 unspecified atom stereocenters. The molecule has 0 fully saturated rings. The van der Waals surface area contributed by atoms with Crippen molar-refractivity contribution in [2.24, 2.45) is 0 Å². The number of amides is 1. The number of rotatable bonds is 16. The van der Waals surface area contributed by atoms with Gasteiger partial charge in [-0.25, -0.2) is 9.59 Å². The van der Waals surface area contributed by atoms with Crippen LogP contribution < -0.4 is 9.47 Å². The molecule has 8 nitrogen and oxygen atoms in total. The largest absolute Gasteiger partial charge is 0.492 e. The Kier molecular flexibility index (Phi) is 13.2. The van der Waals surface area contributed by atoms with Gasteiger partial charge in [-0.2, -0.15) is 26.3 Å². The van der Waals surface area contributed by atoms with Crippen LogP contribution in [-0.2, 0) is 26.9 Å². The van der Waals surface area contributed by atoms with E-state index in [1.165, 1.54) is 0 Å². The molecule has 0 spiro atoms. The molecule has 0 saturated carbocycles. The SMILES string of the molecule is CCOC(Cc1ccc(OCCN(CCOCCCC(F)(F)F)C(=O)Oc2ccc(C(F)(F)F)cc2)cc1)C(=O)O. The number of aliphatic carboxylic acids is 1. The molecule has 2 aromatic rings. The Bertz CT molecular complexity index is 1080. The fourth-order valence-corrected chi connectivity index (χ4v) is 3.45. The van der Waals surface area contributed by atoms with E-state index in [2.05, 4.69) is 0 Å². The molecule has 228 valence electrons. The minimum absolute atomic E-state index is 0.0355. The highest BCUT2D eigenvalue weighted by Crippen LogP contribution is 2.30. The van der Waals surface area contributed by atoms with Gasteiger partial charge in [-0.3, -0.25) is 0 Å². The molecule has 2 rings (SSSR count). The lowest BCUT2D eigenvalue weighted by Crippen LogP contribution is -2.39. The first-order valence-electron chi connectivity index (χ1n) is 12.6. The van der Waals surface area contributed by atoms with Crippen LogP contribution >= 0.6 is 0 Å². The van der Waals surface area contributed by atoms with E-state index in [-0.39, 0.29) is 58.1 Å². The molecule has 14 heteroatoms. The number of halogens is 6. The van der Waals surface area contributed by atoms with Crippen molar-refractivity contribution in [3.8, 4) is 11.5 Å². The number of ether oxygens (including phenoxy) is 4. The standard InChI is InChI=1S/C27H31F6NO7/c1-2-39-23(24(35)36)18-19-4-8-21(9-5-19)40-17-14-34(13-16-38-15-3-12-26(28,29)30)25(37)41-22-10-6-20(7-11-22)27(31,32)33/h4-11,23H,2-3,12-18H2,1H3,(H,35,36). The smallest absolute Gasteiger partial charge is 0.416 e. The Hall–Kier alpha value is -3.52. The van der Waals surface area contributed by atoms with E-state index in [1.807, 2.05) is 0 Å². The lowest BCUT2D eigenvalue weighted by Gasteiger charge is -2.22. The van der Waals surface area contributed by atoms with Crippen LogP contribution in [0, 0.1) is 0 Å². The van der Waals surface area contributed by atoms with Crippen molar-refractivity contribution in [2.45, 2.75) is 44.6 Å². The van der Waals surface area contributed by atoms with Gasteiger partial charge in [-0.15, -0.1) is 0 Å². The van der Waals surface area contributed by atoms with Gasteiger partial charge >= 0.3 is 24.4 Å². The molecule has 0 bridgehead atoms. The Morgan fingerprint density at radius 1 is 0.878 bits per heavy atom. The van der Waals surface area contributed by atoms with E-state index < -0.39 is 42.5 Å². The number of benzene rings is 2. The normalized spacial score (nSPS) is 12.6. The number of carbonyl (C=O) groups is 2. The minimum Gasteiger partial charge on any atom is -0.492 e. The molecular weight excluding hydrogens is 564 g/mol. The summed E-state index contributed by atoms with van der Waals surface area (Å²) in [5.74, 6) is -0.807. The third kappa shape index (κ3) is 13.1. The predicted molar refractivity (Wildman–Crippen MR) is 134 cm³/mol. The van der Waals surface area contributed by atoms with Crippen LogP contribution in [0.2, 0.25) is 0 Å². The summed E-state index contributed by atoms with van der Waals surface area (Å²) in [5, 5.41) is 9.22. The molecule has 0 aliphatic rings. The van der Waals surface area contributed by atoms with Crippen molar-refractivity contribution >= 4 is 12.1 Å². The maximum atomic E-state index is 12.8. The van der Waals surface area contributed by atoms with Crippen LogP contribution in [0.4, 0.5) is 31.1 Å². The van der Waals surface area contributed by atoms with E-state index in [0.717, 1.165) is 29.2 Å². The van der Waals surface area contributed by atoms with Crippen molar-refractivity contribution in [3.63, 3.8) is 0 Å². The highest BCUT2D eigenvalue weighted by Gasteiger charge is 2.30. The molecule has 1 amide bonds. The van der Waals surface area contributed by atoms with E-state index in [0.29, 0.717) is 11.3 Å². The summed E-state index contributed by atoms with van der Waals surface area (Å²) in [6, 6.07) is 10.0. The summed E-state index contributed by atoms with van der Waals surface area (Å²) in [6.45, 7) is 1.48. The van der Waals surface area contributed by atoms with Crippen molar-refractivity contribution in [2.75, 3.05) is 39.5 Å². The molecule has 0 aliphatic carbocycles. The summed E-state index contributed by atoms with van der Waals surface area (Å²) in [5.41, 5.74) is -0.222. The van der Waals surface area contributed by atoms with E-state index >= 15 is 0 Å². The van der Waals surface area contributed by atoms with Crippen LogP contribution in [0.25, 0.3) is 0 Å². The van der Waals surface area contributed by atoms with E-state index in [9.17, 15) is 41.0 Å². The third-order valence-electron chi connectivity index (χ3n) is 5.52. The van der Waals surface area contributed by atoms with Crippen molar-refractivity contribution < 1.29 is 60.0 Å². The predicted octanol–water partition coefficient (Wildman–Crippen LogP) is 5.98. The zero-order chi connectivity index (χ0) is 30.5. The van der Waals surface area contributed by atoms with Gasteiger partial charge in [0.25, 0.3) is 0 Å². The molecule has 0 aromatic heterocycles. The Balaban J connectivity index is 1.94. The van der Waals surface area contributed by atoms with Gasteiger partial charge in [0, 0.05) is 32.6 Å².